The second-order valence-electron chi connectivity index (χ2n) is 6.92. The lowest BCUT2D eigenvalue weighted by Crippen LogP contribution is -2.13. The minimum Gasteiger partial charge on any atom is -0.324 e. The van der Waals surface area contributed by atoms with Crippen LogP contribution in [-0.4, -0.2) is 25.3 Å². The van der Waals surface area contributed by atoms with Gasteiger partial charge in [-0.3, -0.25) is 10.1 Å². The van der Waals surface area contributed by atoms with E-state index in [1.807, 2.05) is 29.5 Å². The molecule has 2 aromatic carbocycles. The highest BCUT2D eigenvalue weighted by Crippen LogP contribution is 2.25. The first-order chi connectivity index (χ1) is 14.5. The van der Waals surface area contributed by atoms with Gasteiger partial charge in [0.1, 0.15) is 11.3 Å². The molecule has 5 aromatic rings. The Bertz CT molecular complexity index is 1440. The number of carbonyl (C=O) groups excluding carboxylic acids is 1. The quantitative estimate of drug-likeness (QED) is 0.458. The Kier molecular flexibility index (Phi) is 4.06. The number of nitrogens with zero attached hydrogens (tertiary/aromatic N) is 3. The largest absolute Gasteiger partial charge is 0.324 e. The fraction of sp³-hybridized carbons (Fsp3) is 0.0455. The summed E-state index contributed by atoms with van der Waals surface area (Å²) in [6.07, 6.45) is 1.67. The third-order valence-corrected chi connectivity index (χ3v) is 4.90. The number of benzene rings is 2. The number of anilines is 1. The number of imidazole rings is 2. The average Bonchev–Trinajstić information content (AvgIpc) is 3.34. The molecule has 148 valence electrons. The summed E-state index contributed by atoms with van der Waals surface area (Å²) >= 11 is 0. The predicted octanol–water partition coefficient (Wildman–Crippen LogP) is 4.72. The van der Waals surface area contributed by atoms with Gasteiger partial charge in [-0.1, -0.05) is 18.2 Å². The maximum Gasteiger partial charge on any atom is 0.278 e. The van der Waals surface area contributed by atoms with Crippen LogP contribution in [0.15, 0.2) is 60.8 Å². The molecule has 0 saturated heterocycles. The number of pyridine rings is 1. The number of carbonyl (C=O) groups is 1. The van der Waals surface area contributed by atoms with Crippen LogP contribution in [0.5, 0.6) is 0 Å². The van der Waals surface area contributed by atoms with Crippen LogP contribution in [0.3, 0.4) is 0 Å². The van der Waals surface area contributed by atoms with Gasteiger partial charge in [-0.2, -0.15) is 0 Å². The van der Waals surface area contributed by atoms with Crippen LogP contribution in [0.1, 0.15) is 16.2 Å². The summed E-state index contributed by atoms with van der Waals surface area (Å²) in [5, 5.41) is 2.71. The normalized spacial score (nSPS) is 11.3. The van der Waals surface area contributed by atoms with E-state index in [4.69, 9.17) is 0 Å². The summed E-state index contributed by atoms with van der Waals surface area (Å²) in [5.74, 6) is -1.93. The van der Waals surface area contributed by atoms with Crippen LogP contribution in [0.25, 0.3) is 27.8 Å². The van der Waals surface area contributed by atoms with E-state index < -0.39 is 17.5 Å². The van der Waals surface area contributed by atoms with Gasteiger partial charge in [0.05, 0.1) is 11.0 Å². The molecule has 30 heavy (non-hydrogen) atoms. The first-order valence-corrected chi connectivity index (χ1v) is 9.19. The highest BCUT2D eigenvalue weighted by molar-refractivity contribution is 6.03. The number of aromatic amines is 1. The Morgan fingerprint density at radius 2 is 1.80 bits per heavy atom. The molecule has 0 aliphatic heterocycles. The van der Waals surface area contributed by atoms with Crippen molar-refractivity contribution in [2.45, 2.75) is 6.92 Å². The zero-order valence-electron chi connectivity index (χ0n) is 15.8. The molecule has 5 rings (SSSR count). The number of nitrogens with one attached hydrogen (secondary N) is 2. The zero-order valence-corrected chi connectivity index (χ0v) is 15.8. The molecule has 1 amide bonds. The van der Waals surface area contributed by atoms with Crippen molar-refractivity contribution < 1.29 is 13.6 Å². The van der Waals surface area contributed by atoms with Crippen LogP contribution in [0, 0.1) is 18.6 Å². The Morgan fingerprint density at radius 3 is 2.60 bits per heavy atom. The first kappa shape index (κ1) is 18.0. The Balaban J connectivity index is 1.43. The molecule has 0 fully saturated rings. The molecule has 6 nitrogen and oxygen atoms in total. The summed E-state index contributed by atoms with van der Waals surface area (Å²) in [6, 6.07) is 14.6. The summed E-state index contributed by atoms with van der Waals surface area (Å²) in [6.45, 7) is 1.93. The fourth-order valence-electron chi connectivity index (χ4n) is 3.35. The molecule has 3 heterocycles. The maximum atomic E-state index is 13.5. The molecule has 0 aliphatic carbocycles. The molecule has 0 saturated carbocycles. The molecule has 3 aromatic heterocycles. The zero-order chi connectivity index (χ0) is 20.8. The number of hydrogen-bond acceptors (Lipinski definition) is 3. The fourth-order valence-corrected chi connectivity index (χ4v) is 3.35. The van der Waals surface area contributed by atoms with E-state index in [-0.39, 0.29) is 11.6 Å². The Labute approximate surface area is 169 Å². The third kappa shape index (κ3) is 3.08. The van der Waals surface area contributed by atoms with E-state index in [1.165, 1.54) is 6.07 Å². The smallest absolute Gasteiger partial charge is 0.278 e. The van der Waals surface area contributed by atoms with E-state index in [9.17, 15) is 13.6 Å². The summed E-state index contributed by atoms with van der Waals surface area (Å²) in [7, 11) is 0. The van der Waals surface area contributed by atoms with Gasteiger partial charge in [-0.05, 0) is 54.4 Å². The van der Waals surface area contributed by atoms with Crippen molar-refractivity contribution in [2.75, 3.05) is 5.32 Å². The number of H-pyrrole nitrogens is 1. The molecular formula is C22H15F2N5O. The number of fused-ring (bicyclic) bond motifs is 2. The topological polar surface area (TPSA) is 75.1 Å². The van der Waals surface area contributed by atoms with Crippen molar-refractivity contribution in [3.05, 3.63) is 83.8 Å². The van der Waals surface area contributed by atoms with Crippen LogP contribution in [0.2, 0.25) is 0 Å². The van der Waals surface area contributed by atoms with Gasteiger partial charge in [0, 0.05) is 11.9 Å². The molecule has 0 aliphatic rings. The molecule has 0 bridgehead atoms. The lowest BCUT2D eigenvalue weighted by atomic mass is 10.1. The minimum atomic E-state index is -0.909. The van der Waals surface area contributed by atoms with Gasteiger partial charge in [0.15, 0.2) is 11.6 Å². The molecule has 0 unspecified atom stereocenters. The first-order valence-electron chi connectivity index (χ1n) is 9.19. The van der Waals surface area contributed by atoms with E-state index in [1.54, 1.807) is 24.4 Å². The van der Waals surface area contributed by atoms with Crippen LogP contribution >= 0.6 is 0 Å². The third-order valence-electron chi connectivity index (χ3n) is 4.90. The number of hydrogen-bond donors (Lipinski definition) is 2. The summed E-state index contributed by atoms with van der Waals surface area (Å²) in [5.41, 5.74) is 4.43. The van der Waals surface area contributed by atoms with E-state index in [2.05, 4.69) is 20.3 Å². The van der Waals surface area contributed by atoms with E-state index >= 15 is 0 Å². The molecule has 0 spiro atoms. The molecule has 0 radical (unpaired) electrons. The standard InChI is InChI=1S/C22H15F2N5O/c1-12-3-2-4-20-25-19(11-29(12)20)21(30)28-22-26-17-8-6-14(10-18(17)27-22)13-5-7-15(23)16(24)9-13/h2-11H,1H3,(H2,26,27,28,30). The second-order valence-corrected chi connectivity index (χ2v) is 6.92. The van der Waals surface area contributed by atoms with Gasteiger partial charge in [-0.15, -0.1) is 0 Å². The van der Waals surface area contributed by atoms with Crippen molar-refractivity contribution in [3.8, 4) is 11.1 Å². The average molecular weight is 403 g/mol. The number of amides is 1. The molecule has 2 N–H and O–H groups in total. The number of rotatable bonds is 3. The van der Waals surface area contributed by atoms with Crippen LogP contribution in [0.4, 0.5) is 14.7 Å². The van der Waals surface area contributed by atoms with Crippen molar-refractivity contribution in [1.29, 1.82) is 0 Å². The van der Waals surface area contributed by atoms with Crippen molar-refractivity contribution in [3.63, 3.8) is 0 Å². The highest BCUT2D eigenvalue weighted by Gasteiger charge is 2.14. The van der Waals surface area contributed by atoms with Gasteiger partial charge >= 0.3 is 0 Å². The van der Waals surface area contributed by atoms with Gasteiger partial charge in [0.2, 0.25) is 5.95 Å². The second kappa shape index (κ2) is 6.77. The van der Waals surface area contributed by atoms with E-state index in [0.717, 1.165) is 17.8 Å². The summed E-state index contributed by atoms with van der Waals surface area (Å²) < 4.78 is 28.6. The van der Waals surface area contributed by atoms with Crippen molar-refractivity contribution in [2.24, 2.45) is 0 Å². The Morgan fingerprint density at radius 1 is 1.00 bits per heavy atom. The van der Waals surface area contributed by atoms with Crippen LogP contribution < -0.4 is 5.32 Å². The molecule has 8 heteroatoms. The minimum absolute atomic E-state index is 0.270. The van der Waals surface area contributed by atoms with Gasteiger partial charge in [0.25, 0.3) is 5.91 Å². The SMILES string of the molecule is Cc1cccc2nc(C(=O)Nc3nc4ccc(-c5ccc(F)c(F)c5)cc4[nH]3)cn12. The van der Waals surface area contributed by atoms with Gasteiger partial charge < -0.3 is 9.38 Å². The van der Waals surface area contributed by atoms with Crippen molar-refractivity contribution in [1.82, 2.24) is 19.4 Å². The number of aromatic nitrogens is 4. The predicted molar refractivity (Wildman–Crippen MR) is 109 cm³/mol. The number of halogens is 2. The van der Waals surface area contributed by atoms with Crippen LogP contribution in [-0.2, 0) is 0 Å². The molecular weight excluding hydrogens is 388 g/mol. The van der Waals surface area contributed by atoms with Crippen molar-refractivity contribution >= 4 is 28.5 Å². The van der Waals surface area contributed by atoms with Gasteiger partial charge in [-0.25, -0.2) is 18.7 Å². The lowest BCUT2D eigenvalue weighted by molar-refractivity contribution is 0.102. The highest BCUT2D eigenvalue weighted by atomic mass is 19.2. The monoisotopic (exact) mass is 403 g/mol. The maximum absolute atomic E-state index is 13.5. The number of aryl methyl sites for hydroxylation is 1. The Hall–Kier alpha value is -4.07. The summed E-state index contributed by atoms with van der Waals surface area (Å²) in [4.78, 5) is 24.3. The molecule has 0 atom stereocenters. The van der Waals surface area contributed by atoms with E-state index in [0.29, 0.717) is 27.8 Å². The lowest BCUT2D eigenvalue weighted by Gasteiger charge is -2.02.